The summed E-state index contributed by atoms with van der Waals surface area (Å²) >= 11 is 0. The maximum absolute atomic E-state index is 12.8. The molecule has 0 aliphatic heterocycles. The molecule has 0 saturated carbocycles. The van der Waals surface area contributed by atoms with E-state index in [2.05, 4.69) is 5.10 Å². The number of nitrogens with zero attached hydrogens (tertiary/aromatic N) is 2. The summed E-state index contributed by atoms with van der Waals surface area (Å²) < 4.78 is 6.38. The Morgan fingerprint density at radius 3 is 2.38 bits per heavy atom. The van der Waals surface area contributed by atoms with Crippen molar-refractivity contribution in [2.75, 3.05) is 6.61 Å². The molecule has 1 atom stereocenters. The predicted octanol–water partition coefficient (Wildman–Crippen LogP) is 2.38. The topological polar surface area (TPSA) is 98.5 Å². The first-order chi connectivity index (χ1) is 14.0. The molecule has 150 valence electrons. The van der Waals surface area contributed by atoms with Crippen LogP contribution < -0.4 is 5.56 Å². The molecule has 1 aromatic heterocycles. The number of carbonyl (C=O) groups is 2. The second-order valence-electron chi connectivity index (χ2n) is 6.61. The summed E-state index contributed by atoms with van der Waals surface area (Å²) in [5.41, 5.74) is 1.07. The van der Waals surface area contributed by atoms with E-state index in [1.165, 1.54) is 6.92 Å². The number of benzene rings is 2. The lowest BCUT2D eigenvalue weighted by molar-refractivity contribution is 0.0312. The third-order valence-corrected chi connectivity index (χ3v) is 4.67. The lowest BCUT2D eigenvalue weighted by Gasteiger charge is -2.14. The van der Waals surface area contributed by atoms with Crippen molar-refractivity contribution in [3.8, 4) is 0 Å². The van der Waals surface area contributed by atoms with Crippen LogP contribution in [-0.2, 0) is 17.7 Å². The third-order valence-electron chi connectivity index (χ3n) is 4.67. The number of esters is 1. The summed E-state index contributed by atoms with van der Waals surface area (Å²) in [5.74, 6) is -1.13. The van der Waals surface area contributed by atoms with Gasteiger partial charge in [-0.05, 0) is 25.0 Å². The minimum Gasteiger partial charge on any atom is -0.449 e. The fourth-order valence-corrected chi connectivity index (χ4v) is 3.04. The van der Waals surface area contributed by atoms with Crippen LogP contribution in [0.4, 0.5) is 0 Å². The highest BCUT2D eigenvalue weighted by atomic mass is 16.5. The fourth-order valence-electron chi connectivity index (χ4n) is 3.04. The molecule has 7 heteroatoms. The Bertz CT molecular complexity index is 1100. The van der Waals surface area contributed by atoms with Crippen LogP contribution in [0.15, 0.2) is 53.3 Å². The molecular formula is C22H22N2O5. The van der Waals surface area contributed by atoms with Gasteiger partial charge in [0.25, 0.3) is 5.56 Å². The number of aromatic nitrogens is 2. The van der Waals surface area contributed by atoms with Crippen LogP contribution in [0.5, 0.6) is 0 Å². The number of ketones is 1. The molecule has 2 aromatic carbocycles. The fraction of sp³-hybridized carbons (Fsp3) is 0.273. The van der Waals surface area contributed by atoms with Crippen molar-refractivity contribution in [1.82, 2.24) is 9.78 Å². The standard InChI is InChI=1S/C22H22N2O5/c1-3-15-8-10-16(11-9-15)20(26)14(2)29-22(28)19-17-6-4-5-7-18(17)21(27)24(23-19)12-13-25/h4-11,14,25H,3,12-13H2,1-2H3/t14-/m1/s1. The Labute approximate surface area is 167 Å². The monoisotopic (exact) mass is 394 g/mol. The highest BCUT2D eigenvalue weighted by molar-refractivity contribution is 6.05. The molecule has 0 aliphatic rings. The molecule has 0 fully saturated rings. The van der Waals surface area contributed by atoms with Crippen molar-refractivity contribution in [2.24, 2.45) is 0 Å². The molecule has 3 aromatic rings. The van der Waals surface area contributed by atoms with Crippen molar-refractivity contribution in [3.63, 3.8) is 0 Å². The van der Waals surface area contributed by atoms with E-state index < -0.39 is 17.6 Å². The van der Waals surface area contributed by atoms with E-state index in [9.17, 15) is 14.4 Å². The molecule has 1 N–H and O–H groups in total. The van der Waals surface area contributed by atoms with Crippen LogP contribution >= 0.6 is 0 Å². The number of ether oxygens (including phenoxy) is 1. The summed E-state index contributed by atoms with van der Waals surface area (Å²) in [6.45, 7) is 3.17. The first-order valence-electron chi connectivity index (χ1n) is 9.41. The Morgan fingerprint density at radius 2 is 1.76 bits per heavy atom. The maximum atomic E-state index is 12.8. The number of hydrogen-bond donors (Lipinski definition) is 1. The summed E-state index contributed by atoms with van der Waals surface area (Å²) in [5, 5.41) is 13.8. The van der Waals surface area contributed by atoms with E-state index in [0.717, 1.165) is 16.7 Å². The minimum atomic E-state index is -1.02. The number of aryl methyl sites for hydroxylation is 1. The van der Waals surface area contributed by atoms with Crippen molar-refractivity contribution in [3.05, 3.63) is 75.7 Å². The van der Waals surface area contributed by atoms with Crippen LogP contribution in [0, 0.1) is 0 Å². The van der Waals surface area contributed by atoms with Gasteiger partial charge in [0.1, 0.15) is 0 Å². The summed E-state index contributed by atoms with van der Waals surface area (Å²) in [6.07, 6.45) is -0.157. The minimum absolute atomic E-state index is 0.0534. The van der Waals surface area contributed by atoms with Gasteiger partial charge in [0.05, 0.1) is 18.5 Å². The second kappa shape index (κ2) is 8.79. The van der Waals surface area contributed by atoms with E-state index in [1.54, 1.807) is 36.4 Å². The maximum Gasteiger partial charge on any atom is 0.360 e. The average molecular weight is 394 g/mol. The molecule has 0 aliphatic carbocycles. The van der Waals surface area contributed by atoms with Crippen molar-refractivity contribution in [2.45, 2.75) is 32.9 Å². The number of carbonyl (C=O) groups excluding carboxylic acids is 2. The predicted molar refractivity (Wildman–Crippen MR) is 108 cm³/mol. The van der Waals surface area contributed by atoms with Crippen LogP contribution in [0.25, 0.3) is 10.8 Å². The Morgan fingerprint density at radius 1 is 1.10 bits per heavy atom. The molecule has 1 heterocycles. The molecule has 0 spiro atoms. The first kappa shape index (κ1) is 20.4. The van der Waals surface area contributed by atoms with Gasteiger partial charge >= 0.3 is 5.97 Å². The molecule has 0 unspecified atom stereocenters. The van der Waals surface area contributed by atoms with Gasteiger partial charge in [-0.1, -0.05) is 49.4 Å². The first-order valence-corrected chi connectivity index (χ1v) is 9.41. The van der Waals surface area contributed by atoms with Gasteiger partial charge in [-0.25, -0.2) is 9.48 Å². The van der Waals surface area contributed by atoms with Crippen molar-refractivity contribution in [1.29, 1.82) is 0 Å². The zero-order valence-corrected chi connectivity index (χ0v) is 16.3. The SMILES string of the molecule is CCc1ccc(C(=O)[C@@H](C)OC(=O)c2nn(CCO)c(=O)c3ccccc23)cc1. The second-order valence-corrected chi connectivity index (χ2v) is 6.61. The number of fused-ring (bicyclic) bond motifs is 1. The van der Waals surface area contributed by atoms with Crippen LogP contribution in [0.1, 0.15) is 40.3 Å². The normalized spacial score (nSPS) is 12.0. The molecule has 7 nitrogen and oxygen atoms in total. The number of aliphatic hydroxyl groups excluding tert-OH is 1. The molecule has 0 amide bonds. The van der Waals surface area contributed by atoms with Crippen molar-refractivity contribution < 1.29 is 19.4 Å². The number of aliphatic hydroxyl groups is 1. The zero-order valence-electron chi connectivity index (χ0n) is 16.3. The van der Waals surface area contributed by atoms with Gasteiger partial charge in [0, 0.05) is 10.9 Å². The Kier molecular flexibility index (Phi) is 6.19. The van der Waals surface area contributed by atoms with E-state index in [1.807, 2.05) is 19.1 Å². The van der Waals surface area contributed by atoms with E-state index in [0.29, 0.717) is 10.9 Å². The van der Waals surface area contributed by atoms with E-state index in [4.69, 9.17) is 9.84 Å². The quantitative estimate of drug-likeness (QED) is 0.488. The van der Waals surface area contributed by atoms with Gasteiger partial charge in [-0.2, -0.15) is 5.10 Å². The number of hydrogen-bond acceptors (Lipinski definition) is 6. The third kappa shape index (κ3) is 4.25. The molecule has 29 heavy (non-hydrogen) atoms. The Hall–Kier alpha value is -3.32. The van der Waals surface area contributed by atoms with Gasteiger partial charge in [-0.15, -0.1) is 0 Å². The van der Waals surface area contributed by atoms with Crippen LogP contribution in [-0.4, -0.2) is 39.4 Å². The lowest BCUT2D eigenvalue weighted by Crippen LogP contribution is -2.30. The van der Waals surface area contributed by atoms with Gasteiger partial charge in [-0.3, -0.25) is 9.59 Å². The molecule has 0 radical (unpaired) electrons. The van der Waals surface area contributed by atoms with Crippen molar-refractivity contribution >= 4 is 22.5 Å². The average Bonchev–Trinajstić information content (AvgIpc) is 2.75. The largest absolute Gasteiger partial charge is 0.449 e. The van der Waals surface area contributed by atoms with E-state index in [-0.39, 0.29) is 30.0 Å². The zero-order chi connectivity index (χ0) is 21.0. The van der Waals surface area contributed by atoms with Gasteiger partial charge < -0.3 is 9.84 Å². The van der Waals surface area contributed by atoms with E-state index >= 15 is 0 Å². The Balaban J connectivity index is 1.89. The molecule has 0 bridgehead atoms. The van der Waals surface area contributed by atoms with Gasteiger partial charge in [0.2, 0.25) is 5.78 Å². The van der Waals surface area contributed by atoms with Crippen LogP contribution in [0.2, 0.25) is 0 Å². The summed E-state index contributed by atoms with van der Waals surface area (Å²) in [6, 6.07) is 13.7. The highest BCUT2D eigenvalue weighted by Gasteiger charge is 2.24. The number of rotatable bonds is 7. The lowest BCUT2D eigenvalue weighted by atomic mass is 10.0. The smallest absolute Gasteiger partial charge is 0.360 e. The van der Waals surface area contributed by atoms with Crippen LogP contribution in [0.3, 0.4) is 0 Å². The van der Waals surface area contributed by atoms with Gasteiger partial charge in [0.15, 0.2) is 11.8 Å². The number of Topliss-reactive ketones (excluding diaryl/α,β-unsaturated/α-hetero) is 1. The summed E-state index contributed by atoms with van der Waals surface area (Å²) in [4.78, 5) is 37.8. The highest BCUT2D eigenvalue weighted by Crippen LogP contribution is 2.16. The molecular weight excluding hydrogens is 372 g/mol. The summed E-state index contributed by atoms with van der Waals surface area (Å²) in [7, 11) is 0. The molecule has 0 saturated heterocycles. The molecule has 3 rings (SSSR count).